The molecular weight excluding hydrogens is 340 g/mol. The molecule has 110 valence electrons. The Morgan fingerprint density at radius 2 is 1.90 bits per heavy atom. The fourth-order valence-electron chi connectivity index (χ4n) is 2.52. The molecule has 0 aliphatic carbocycles. The summed E-state index contributed by atoms with van der Waals surface area (Å²) in [5, 5.41) is 0. The SMILES string of the molecule is NC(Cc1c(F)ccc(Br)c1F)c1ccc2c(c1)COC2. The second-order valence-corrected chi connectivity index (χ2v) is 6.01. The van der Waals surface area contributed by atoms with Gasteiger partial charge in [0, 0.05) is 11.6 Å². The van der Waals surface area contributed by atoms with Crippen molar-refractivity contribution in [2.24, 2.45) is 5.73 Å². The lowest BCUT2D eigenvalue weighted by Crippen LogP contribution is -2.15. The molecule has 0 spiro atoms. The second kappa shape index (κ2) is 5.83. The van der Waals surface area contributed by atoms with Crippen molar-refractivity contribution in [3.63, 3.8) is 0 Å². The molecule has 0 saturated heterocycles. The Hall–Kier alpha value is -1.30. The minimum absolute atomic E-state index is 0.00798. The summed E-state index contributed by atoms with van der Waals surface area (Å²) in [6.07, 6.45) is 0.108. The van der Waals surface area contributed by atoms with Crippen LogP contribution in [0.15, 0.2) is 34.8 Å². The predicted octanol–water partition coefficient (Wildman–Crippen LogP) is 4.00. The molecule has 1 aliphatic heterocycles. The van der Waals surface area contributed by atoms with E-state index in [0.717, 1.165) is 16.7 Å². The van der Waals surface area contributed by atoms with Crippen LogP contribution in [0.5, 0.6) is 0 Å². The van der Waals surface area contributed by atoms with Crippen LogP contribution in [0.2, 0.25) is 0 Å². The highest BCUT2D eigenvalue weighted by atomic mass is 79.9. The molecule has 2 aromatic carbocycles. The van der Waals surface area contributed by atoms with Gasteiger partial charge in [-0.3, -0.25) is 0 Å². The van der Waals surface area contributed by atoms with Gasteiger partial charge in [-0.05, 0) is 51.2 Å². The highest BCUT2D eigenvalue weighted by Crippen LogP contribution is 2.28. The molecule has 0 radical (unpaired) electrons. The van der Waals surface area contributed by atoms with E-state index < -0.39 is 17.7 Å². The smallest absolute Gasteiger partial charge is 0.143 e. The van der Waals surface area contributed by atoms with Crippen molar-refractivity contribution in [3.05, 3.63) is 68.7 Å². The van der Waals surface area contributed by atoms with E-state index >= 15 is 0 Å². The first-order valence-electron chi connectivity index (χ1n) is 6.63. The summed E-state index contributed by atoms with van der Waals surface area (Å²) in [5.41, 5.74) is 9.23. The normalized spacial score (nSPS) is 15.0. The van der Waals surface area contributed by atoms with Crippen LogP contribution in [0.25, 0.3) is 0 Å². The fraction of sp³-hybridized carbons (Fsp3) is 0.250. The Bertz CT molecular complexity index is 690. The minimum atomic E-state index is -0.588. The van der Waals surface area contributed by atoms with Crippen LogP contribution in [-0.4, -0.2) is 0 Å². The molecular formula is C16H14BrF2NO. The molecule has 21 heavy (non-hydrogen) atoms. The van der Waals surface area contributed by atoms with Crippen molar-refractivity contribution in [2.75, 3.05) is 0 Å². The molecule has 1 aliphatic rings. The summed E-state index contributed by atoms with van der Waals surface area (Å²) >= 11 is 3.07. The Labute approximate surface area is 130 Å². The van der Waals surface area contributed by atoms with Crippen LogP contribution in [0, 0.1) is 11.6 Å². The summed E-state index contributed by atoms with van der Waals surface area (Å²) in [5.74, 6) is -1.16. The molecule has 0 amide bonds. The molecule has 1 heterocycles. The number of halogens is 3. The number of hydrogen-bond acceptors (Lipinski definition) is 2. The molecule has 3 rings (SSSR count). The van der Waals surface area contributed by atoms with E-state index in [4.69, 9.17) is 10.5 Å². The summed E-state index contributed by atoms with van der Waals surface area (Å²) in [6, 6.07) is 7.95. The largest absolute Gasteiger partial charge is 0.372 e. The summed E-state index contributed by atoms with van der Waals surface area (Å²) < 4.78 is 33.4. The van der Waals surface area contributed by atoms with Gasteiger partial charge in [0.25, 0.3) is 0 Å². The van der Waals surface area contributed by atoms with Gasteiger partial charge in [0.2, 0.25) is 0 Å². The topological polar surface area (TPSA) is 35.2 Å². The standard InChI is InChI=1S/C16H14BrF2NO/c17-13-3-4-14(18)12(16(13)19)6-15(20)9-1-2-10-7-21-8-11(10)5-9/h1-5,15H,6-8,20H2. The molecule has 2 aromatic rings. The lowest BCUT2D eigenvalue weighted by Gasteiger charge is -2.15. The van der Waals surface area contributed by atoms with Gasteiger partial charge in [-0.2, -0.15) is 0 Å². The van der Waals surface area contributed by atoms with E-state index in [9.17, 15) is 8.78 Å². The first-order chi connectivity index (χ1) is 10.1. The molecule has 0 fully saturated rings. The van der Waals surface area contributed by atoms with Crippen molar-refractivity contribution < 1.29 is 13.5 Å². The van der Waals surface area contributed by atoms with Crippen LogP contribution < -0.4 is 5.73 Å². The van der Waals surface area contributed by atoms with Gasteiger partial charge in [-0.1, -0.05) is 18.2 Å². The first kappa shape index (κ1) is 14.6. The highest BCUT2D eigenvalue weighted by Gasteiger charge is 2.18. The Morgan fingerprint density at radius 1 is 1.14 bits per heavy atom. The number of rotatable bonds is 3. The number of hydrogen-bond donors (Lipinski definition) is 1. The van der Waals surface area contributed by atoms with Crippen LogP contribution in [-0.2, 0) is 24.4 Å². The van der Waals surface area contributed by atoms with Crippen molar-refractivity contribution in [1.29, 1.82) is 0 Å². The third-order valence-corrected chi connectivity index (χ3v) is 4.35. The second-order valence-electron chi connectivity index (χ2n) is 5.15. The summed E-state index contributed by atoms with van der Waals surface area (Å²) in [4.78, 5) is 0. The van der Waals surface area contributed by atoms with Crippen LogP contribution in [0.4, 0.5) is 8.78 Å². The van der Waals surface area contributed by atoms with Crippen LogP contribution in [0.3, 0.4) is 0 Å². The summed E-state index contributed by atoms with van der Waals surface area (Å²) in [6.45, 7) is 1.18. The monoisotopic (exact) mass is 353 g/mol. The zero-order valence-corrected chi connectivity index (χ0v) is 12.8. The molecule has 1 atom stereocenters. The summed E-state index contributed by atoms with van der Waals surface area (Å²) in [7, 11) is 0. The van der Waals surface area contributed by atoms with Gasteiger partial charge in [-0.15, -0.1) is 0 Å². The zero-order chi connectivity index (χ0) is 15.0. The maximum atomic E-state index is 14.0. The lowest BCUT2D eigenvalue weighted by molar-refractivity contribution is 0.134. The van der Waals surface area contributed by atoms with E-state index in [1.165, 1.54) is 12.1 Å². The molecule has 2 nitrogen and oxygen atoms in total. The molecule has 0 bridgehead atoms. The first-order valence-corrected chi connectivity index (χ1v) is 7.43. The minimum Gasteiger partial charge on any atom is -0.372 e. The lowest BCUT2D eigenvalue weighted by atomic mass is 9.96. The third kappa shape index (κ3) is 2.86. The number of fused-ring (bicyclic) bond motifs is 1. The van der Waals surface area contributed by atoms with E-state index in [2.05, 4.69) is 15.9 Å². The van der Waals surface area contributed by atoms with E-state index in [1.54, 1.807) is 0 Å². The zero-order valence-electron chi connectivity index (χ0n) is 11.2. The van der Waals surface area contributed by atoms with Gasteiger partial charge in [-0.25, -0.2) is 8.78 Å². The Morgan fingerprint density at radius 3 is 2.71 bits per heavy atom. The Kier molecular flexibility index (Phi) is 4.06. The molecule has 0 aromatic heterocycles. The molecule has 5 heteroatoms. The van der Waals surface area contributed by atoms with Crippen LogP contribution >= 0.6 is 15.9 Å². The predicted molar refractivity (Wildman–Crippen MR) is 79.6 cm³/mol. The van der Waals surface area contributed by atoms with Crippen LogP contribution in [0.1, 0.15) is 28.3 Å². The van der Waals surface area contributed by atoms with E-state index in [1.807, 2.05) is 18.2 Å². The van der Waals surface area contributed by atoms with Gasteiger partial charge in [0.15, 0.2) is 0 Å². The average Bonchev–Trinajstić information content (AvgIpc) is 2.94. The van der Waals surface area contributed by atoms with Crippen molar-refractivity contribution >= 4 is 15.9 Å². The van der Waals surface area contributed by atoms with Gasteiger partial charge in [0.1, 0.15) is 11.6 Å². The molecule has 1 unspecified atom stereocenters. The van der Waals surface area contributed by atoms with Crippen molar-refractivity contribution in [3.8, 4) is 0 Å². The Balaban J connectivity index is 1.87. The highest BCUT2D eigenvalue weighted by molar-refractivity contribution is 9.10. The van der Waals surface area contributed by atoms with Gasteiger partial charge in [0.05, 0.1) is 17.7 Å². The van der Waals surface area contributed by atoms with Gasteiger partial charge < -0.3 is 10.5 Å². The van der Waals surface area contributed by atoms with E-state index in [0.29, 0.717) is 13.2 Å². The maximum absolute atomic E-state index is 14.0. The third-order valence-electron chi connectivity index (χ3n) is 3.74. The van der Waals surface area contributed by atoms with Crippen molar-refractivity contribution in [2.45, 2.75) is 25.7 Å². The molecule has 0 saturated carbocycles. The maximum Gasteiger partial charge on any atom is 0.143 e. The number of nitrogens with two attached hydrogens (primary N) is 1. The molecule has 2 N–H and O–H groups in total. The fourth-order valence-corrected chi connectivity index (χ4v) is 2.89. The van der Waals surface area contributed by atoms with Crippen molar-refractivity contribution in [1.82, 2.24) is 0 Å². The number of ether oxygens (including phenoxy) is 1. The van der Waals surface area contributed by atoms with Gasteiger partial charge >= 0.3 is 0 Å². The number of benzene rings is 2. The average molecular weight is 354 g/mol. The van der Waals surface area contributed by atoms with E-state index in [-0.39, 0.29) is 16.5 Å². The quantitative estimate of drug-likeness (QED) is 0.846.